The van der Waals surface area contributed by atoms with Crippen LogP contribution >= 0.6 is 11.6 Å². The summed E-state index contributed by atoms with van der Waals surface area (Å²) in [7, 11) is 0. The Morgan fingerprint density at radius 1 is 1.05 bits per heavy atom. The molecule has 19 heavy (non-hydrogen) atoms. The van der Waals surface area contributed by atoms with Crippen LogP contribution in [-0.2, 0) is 0 Å². The molecule has 0 radical (unpaired) electrons. The highest BCUT2D eigenvalue weighted by atomic mass is 35.5. The standard InChI is InChI=1S/C14H12ClF2NO/c15-10-4-1-2-6-12(10)18-8-9-19-13-7-3-5-11(16)14(13)17/h1-7,18H,8-9H2. The van der Waals surface area contributed by atoms with Gasteiger partial charge in [-0.25, -0.2) is 4.39 Å². The molecule has 0 fully saturated rings. The second kappa shape index (κ2) is 6.38. The summed E-state index contributed by atoms with van der Waals surface area (Å²) in [5, 5.41) is 3.64. The fraction of sp³-hybridized carbons (Fsp3) is 0.143. The molecule has 0 unspecified atom stereocenters. The van der Waals surface area contributed by atoms with Crippen molar-refractivity contribution in [3.63, 3.8) is 0 Å². The molecule has 2 nitrogen and oxygen atoms in total. The third-order valence-electron chi connectivity index (χ3n) is 2.47. The molecule has 5 heteroatoms. The van der Waals surface area contributed by atoms with Gasteiger partial charge in [0.05, 0.1) is 10.7 Å². The SMILES string of the molecule is Fc1cccc(OCCNc2ccccc2Cl)c1F. The number of benzene rings is 2. The topological polar surface area (TPSA) is 21.3 Å². The van der Waals surface area contributed by atoms with Crippen LogP contribution in [0.5, 0.6) is 5.75 Å². The molecule has 0 atom stereocenters. The van der Waals surface area contributed by atoms with Gasteiger partial charge in [-0.05, 0) is 24.3 Å². The first kappa shape index (κ1) is 13.6. The number of nitrogens with one attached hydrogen (secondary N) is 1. The van der Waals surface area contributed by atoms with Crippen molar-refractivity contribution in [3.8, 4) is 5.75 Å². The van der Waals surface area contributed by atoms with E-state index in [0.29, 0.717) is 11.6 Å². The molecule has 0 amide bonds. The largest absolute Gasteiger partial charge is 0.489 e. The fourth-order valence-electron chi connectivity index (χ4n) is 1.55. The van der Waals surface area contributed by atoms with Crippen molar-refractivity contribution in [1.29, 1.82) is 0 Å². The third-order valence-corrected chi connectivity index (χ3v) is 2.79. The zero-order valence-corrected chi connectivity index (χ0v) is 10.8. The molecule has 2 rings (SSSR count). The average Bonchev–Trinajstić information content (AvgIpc) is 2.41. The molecule has 0 bridgehead atoms. The van der Waals surface area contributed by atoms with Crippen LogP contribution in [0.15, 0.2) is 42.5 Å². The van der Waals surface area contributed by atoms with E-state index in [1.54, 1.807) is 6.07 Å². The summed E-state index contributed by atoms with van der Waals surface area (Å²) >= 11 is 5.95. The molecule has 0 aromatic heterocycles. The Labute approximate surface area is 115 Å². The lowest BCUT2D eigenvalue weighted by Gasteiger charge is -2.10. The number of hydrogen-bond donors (Lipinski definition) is 1. The Bertz CT molecular complexity index is 563. The van der Waals surface area contributed by atoms with Crippen LogP contribution < -0.4 is 10.1 Å². The number of anilines is 1. The van der Waals surface area contributed by atoms with Crippen molar-refractivity contribution >= 4 is 17.3 Å². The summed E-state index contributed by atoms with van der Waals surface area (Å²) in [5.41, 5.74) is 0.771. The Balaban J connectivity index is 1.84. The molecule has 2 aromatic carbocycles. The van der Waals surface area contributed by atoms with Crippen LogP contribution in [0.1, 0.15) is 0 Å². The highest BCUT2D eigenvalue weighted by molar-refractivity contribution is 6.33. The van der Waals surface area contributed by atoms with Gasteiger partial charge in [0.2, 0.25) is 5.82 Å². The number of rotatable bonds is 5. The molecule has 0 aliphatic heterocycles. The Morgan fingerprint density at radius 2 is 1.84 bits per heavy atom. The normalized spacial score (nSPS) is 10.3. The molecular formula is C14H12ClF2NO. The Hall–Kier alpha value is -1.81. The molecule has 0 aliphatic rings. The molecule has 0 spiro atoms. The van der Waals surface area contributed by atoms with E-state index in [0.717, 1.165) is 11.8 Å². The summed E-state index contributed by atoms with van der Waals surface area (Å²) in [6, 6.07) is 11.1. The van der Waals surface area contributed by atoms with Gasteiger partial charge in [-0.3, -0.25) is 0 Å². The fourth-order valence-corrected chi connectivity index (χ4v) is 1.75. The number of hydrogen-bond acceptors (Lipinski definition) is 2. The van der Waals surface area contributed by atoms with E-state index in [-0.39, 0.29) is 12.4 Å². The van der Waals surface area contributed by atoms with Gasteiger partial charge >= 0.3 is 0 Å². The van der Waals surface area contributed by atoms with Gasteiger partial charge in [0.1, 0.15) is 6.61 Å². The quantitative estimate of drug-likeness (QED) is 0.834. The lowest BCUT2D eigenvalue weighted by Crippen LogP contribution is -2.12. The second-order valence-corrected chi connectivity index (χ2v) is 4.21. The second-order valence-electron chi connectivity index (χ2n) is 3.81. The molecule has 2 aromatic rings. The van der Waals surface area contributed by atoms with Crippen LogP contribution in [0.4, 0.5) is 14.5 Å². The maximum absolute atomic E-state index is 13.3. The zero-order valence-electron chi connectivity index (χ0n) is 10.00. The summed E-state index contributed by atoms with van der Waals surface area (Å²) in [4.78, 5) is 0. The summed E-state index contributed by atoms with van der Waals surface area (Å²) in [5.74, 6) is -1.99. The van der Waals surface area contributed by atoms with E-state index in [1.807, 2.05) is 18.2 Å². The Kier molecular flexibility index (Phi) is 4.58. The van der Waals surface area contributed by atoms with E-state index >= 15 is 0 Å². The first-order valence-electron chi connectivity index (χ1n) is 5.73. The maximum atomic E-state index is 13.3. The molecule has 0 saturated heterocycles. The van der Waals surface area contributed by atoms with E-state index in [2.05, 4.69) is 5.32 Å². The highest BCUT2D eigenvalue weighted by Crippen LogP contribution is 2.21. The number of ether oxygens (including phenoxy) is 1. The van der Waals surface area contributed by atoms with Crippen molar-refractivity contribution in [2.24, 2.45) is 0 Å². The minimum absolute atomic E-state index is 0.0963. The summed E-state index contributed by atoms with van der Waals surface area (Å²) in [6.45, 7) is 0.630. The molecule has 0 aliphatic carbocycles. The van der Waals surface area contributed by atoms with Gasteiger partial charge < -0.3 is 10.1 Å². The van der Waals surface area contributed by atoms with E-state index in [9.17, 15) is 8.78 Å². The molecule has 0 saturated carbocycles. The van der Waals surface area contributed by atoms with Crippen molar-refractivity contribution < 1.29 is 13.5 Å². The smallest absolute Gasteiger partial charge is 0.200 e. The van der Waals surface area contributed by atoms with Crippen molar-refractivity contribution in [1.82, 2.24) is 0 Å². The highest BCUT2D eigenvalue weighted by Gasteiger charge is 2.08. The van der Waals surface area contributed by atoms with Gasteiger partial charge in [0, 0.05) is 6.54 Å². The van der Waals surface area contributed by atoms with Crippen molar-refractivity contribution in [2.75, 3.05) is 18.5 Å². The Morgan fingerprint density at radius 3 is 2.63 bits per heavy atom. The number of halogens is 3. The number of para-hydroxylation sites is 1. The summed E-state index contributed by atoms with van der Waals surface area (Å²) in [6.07, 6.45) is 0. The van der Waals surface area contributed by atoms with Crippen molar-refractivity contribution in [2.45, 2.75) is 0 Å². The minimum atomic E-state index is -0.972. The van der Waals surface area contributed by atoms with Gasteiger partial charge in [0.25, 0.3) is 0 Å². The van der Waals surface area contributed by atoms with E-state index in [4.69, 9.17) is 16.3 Å². The molecule has 100 valence electrons. The van der Waals surface area contributed by atoms with Crippen LogP contribution in [0, 0.1) is 11.6 Å². The van der Waals surface area contributed by atoms with Crippen LogP contribution in [0.3, 0.4) is 0 Å². The predicted molar refractivity (Wildman–Crippen MR) is 71.8 cm³/mol. The van der Waals surface area contributed by atoms with Gasteiger partial charge in [-0.1, -0.05) is 29.8 Å². The van der Waals surface area contributed by atoms with E-state index in [1.165, 1.54) is 12.1 Å². The molecule has 1 N–H and O–H groups in total. The molecular weight excluding hydrogens is 272 g/mol. The monoisotopic (exact) mass is 283 g/mol. The molecule has 0 heterocycles. The first-order valence-corrected chi connectivity index (χ1v) is 6.11. The minimum Gasteiger partial charge on any atom is -0.489 e. The van der Waals surface area contributed by atoms with Crippen molar-refractivity contribution in [3.05, 3.63) is 59.1 Å². The van der Waals surface area contributed by atoms with Crippen LogP contribution in [-0.4, -0.2) is 13.2 Å². The van der Waals surface area contributed by atoms with E-state index < -0.39 is 11.6 Å². The van der Waals surface area contributed by atoms with Crippen LogP contribution in [0.25, 0.3) is 0 Å². The lowest BCUT2D eigenvalue weighted by molar-refractivity contribution is 0.308. The third kappa shape index (κ3) is 3.58. The lowest BCUT2D eigenvalue weighted by atomic mass is 10.3. The summed E-state index contributed by atoms with van der Waals surface area (Å²) < 4.78 is 31.4. The maximum Gasteiger partial charge on any atom is 0.200 e. The zero-order chi connectivity index (χ0) is 13.7. The first-order chi connectivity index (χ1) is 9.18. The average molecular weight is 284 g/mol. The predicted octanol–water partition coefficient (Wildman–Crippen LogP) is 4.11. The van der Waals surface area contributed by atoms with Gasteiger partial charge in [-0.15, -0.1) is 0 Å². The van der Waals surface area contributed by atoms with Crippen LogP contribution in [0.2, 0.25) is 5.02 Å². The van der Waals surface area contributed by atoms with Gasteiger partial charge in [-0.2, -0.15) is 4.39 Å². The van der Waals surface area contributed by atoms with Gasteiger partial charge in [0.15, 0.2) is 11.6 Å².